The first-order valence-electron chi connectivity index (χ1n) is 12.5. The van der Waals surface area contributed by atoms with Crippen molar-refractivity contribution in [1.82, 2.24) is 14.9 Å². The van der Waals surface area contributed by atoms with Gasteiger partial charge in [0.05, 0.1) is 17.6 Å². The third kappa shape index (κ3) is 6.87. The molecule has 0 aliphatic heterocycles. The zero-order valence-electron chi connectivity index (χ0n) is 21.4. The van der Waals surface area contributed by atoms with Crippen LogP contribution in [0.5, 0.6) is 11.5 Å². The van der Waals surface area contributed by atoms with Gasteiger partial charge in [0.2, 0.25) is 0 Å². The normalized spacial score (nSPS) is 11.4. The number of imidazole rings is 1. The largest absolute Gasteiger partial charge is 0.494 e. The summed E-state index contributed by atoms with van der Waals surface area (Å²) in [5.74, 6) is 2.38. The van der Waals surface area contributed by atoms with E-state index in [0.717, 1.165) is 35.6 Å². The summed E-state index contributed by atoms with van der Waals surface area (Å²) in [6.07, 6.45) is 1.49. The Morgan fingerprint density at radius 1 is 0.889 bits per heavy atom. The van der Waals surface area contributed by atoms with Gasteiger partial charge < -0.3 is 19.4 Å². The highest BCUT2D eigenvalue weighted by atomic mass is 16.5. The molecule has 188 valence electrons. The van der Waals surface area contributed by atoms with Crippen LogP contribution in [0.4, 0.5) is 0 Å². The molecule has 0 fully saturated rings. The van der Waals surface area contributed by atoms with Crippen molar-refractivity contribution in [2.24, 2.45) is 0 Å². The molecule has 1 amide bonds. The number of amides is 1. The molecule has 0 aliphatic carbocycles. The van der Waals surface area contributed by atoms with Crippen molar-refractivity contribution in [3.8, 4) is 11.5 Å². The van der Waals surface area contributed by atoms with E-state index in [2.05, 4.69) is 48.9 Å². The van der Waals surface area contributed by atoms with Gasteiger partial charge in [-0.1, -0.05) is 63.2 Å². The smallest absolute Gasteiger partial charge is 0.257 e. The first kappa shape index (κ1) is 25.3. The molecular weight excluding hydrogens is 450 g/mol. The molecule has 0 bridgehead atoms. The number of ether oxygens (including phenoxy) is 2. The predicted octanol–water partition coefficient (Wildman–Crippen LogP) is 5.54. The van der Waals surface area contributed by atoms with Crippen LogP contribution in [0.3, 0.4) is 0 Å². The Hall–Kier alpha value is -3.80. The van der Waals surface area contributed by atoms with E-state index >= 15 is 0 Å². The Labute approximate surface area is 213 Å². The average Bonchev–Trinajstić information content (AvgIpc) is 3.23. The summed E-state index contributed by atoms with van der Waals surface area (Å²) in [4.78, 5) is 17.0. The van der Waals surface area contributed by atoms with Crippen LogP contribution in [0, 0.1) is 0 Å². The lowest BCUT2D eigenvalue weighted by atomic mass is 9.87. The molecule has 6 nitrogen and oxygen atoms in total. The Balaban J connectivity index is 1.29. The number of hydrogen-bond acceptors (Lipinski definition) is 4. The van der Waals surface area contributed by atoms with Gasteiger partial charge in [0.15, 0.2) is 6.61 Å². The van der Waals surface area contributed by atoms with Gasteiger partial charge in [-0.3, -0.25) is 4.79 Å². The molecule has 4 rings (SSSR count). The summed E-state index contributed by atoms with van der Waals surface area (Å²) >= 11 is 0. The lowest BCUT2D eigenvalue weighted by molar-refractivity contribution is -0.123. The lowest BCUT2D eigenvalue weighted by Crippen LogP contribution is -2.31. The van der Waals surface area contributed by atoms with Crippen molar-refractivity contribution in [3.63, 3.8) is 0 Å². The molecule has 0 unspecified atom stereocenters. The quantitative estimate of drug-likeness (QED) is 0.283. The fraction of sp³-hybridized carbons (Fsp3) is 0.333. The van der Waals surface area contributed by atoms with E-state index in [1.54, 1.807) is 0 Å². The van der Waals surface area contributed by atoms with Crippen LogP contribution >= 0.6 is 0 Å². The number of aryl methyl sites for hydroxylation is 1. The maximum Gasteiger partial charge on any atom is 0.257 e. The highest BCUT2D eigenvalue weighted by Gasteiger charge is 2.13. The Morgan fingerprint density at radius 3 is 2.33 bits per heavy atom. The van der Waals surface area contributed by atoms with Crippen LogP contribution in [0.2, 0.25) is 0 Å². The van der Waals surface area contributed by atoms with Crippen LogP contribution in [-0.2, 0) is 23.2 Å². The van der Waals surface area contributed by atoms with Gasteiger partial charge in [-0.05, 0) is 53.8 Å². The standard InChI is InChI=1S/C30H35N3O3/c1-30(2,3)23-14-16-25(17-15-23)35-21-9-20-33-27-13-8-7-12-26(27)32-28(33)18-19-31-29(34)22-36-24-10-5-4-6-11-24/h4-8,10-17H,9,18-22H2,1-3H3,(H,31,34). The number of para-hydroxylation sites is 3. The topological polar surface area (TPSA) is 65.4 Å². The number of nitrogens with zero attached hydrogens (tertiary/aromatic N) is 2. The van der Waals surface area contributed by atoms with Crippen molar-refractivity contribution in [2.75, 3.05) is 19.8 Å². The Morgan fingerprint density at radius 2 is 1.58 bits per heavy atom. The second-order valence-corrected chi connectivity index (χ2v) is 9.85. The number of rotatable bonds is 11. The number of aromatic nitrogens is 2. The number of benzene rings is 3. The Kier molecular flexibility index (Phi) is 8.26. The molecule has 36 heavy (non-hydrogen) atoms. The SMILES string of the molecule is CC(C)(C)c1ccc(OCCCn2c(CCNC(=O)COc3ccccc3)nc3ccccc32)cc1. The maximum atomic E-state index is 12.2. The van der Waals surface area contributed by atoms with E-state index in [9.17, 15) is 4.79 Å². The van der Waals surface area contributed by atoms with Gasteiger partial charge in [-0.25, -0.2) is 4.98 Å². The molecule has 3 aromatic carbocycles. The van der Waals surface area contributed by atoms with Crippen LogP contribution < -0.4 is 14.8 Å². The highest BCUT2D eigenvalue weighted by Crippen LogP contribution is 2.24. The molecular formula is C30H35N3O3. The minimum atomic E-state index is -0.146. The molecule has 0 saturated carbocycles. The Bertz CT molecular complexity index is 1260. The van der Waals surface area contributed by atoms with E-state index in [1.807, 2.05) is 60.7 Å². The van der Waals surface area contributed by atoms with Gasteiger partial charge >= 0.3 is 0 Å². The molecule has 1 aromatic heterocycles. The summed E-state index contributed by atoms with van der Waals surface area (Å²) in [6, 6.07) is 25.8. The lowest BCUT2D eigenvalue weighted by Gasteiger charge is -2.19. The molecule has 0 atom stereocenters. The highest BCUT2D eigenvalue weighted by molar-refractivity contribution is 5.77. The van der Waals surface area contributed by atoms with Gasteiger partial charge in [0, 0.05) is 19.5 Å². The fourth-order valence-corrected chi connectivity index (χ4v) is 4.06. The van der Waals surface area contributed by atoms with Crippen molar-refractivity contribution in [3.05, 3.63) is 90.3 Å². The summed E-state index contributed by atoms with van der Waals surface area (Å²) in [6.45, 7) is 8.53. The minimum absolute atomic E-state index is 0.00546. The van der Waals surface area contributed by atoms with E-state index in [1.165, 1.54) is 5.56 Å². The summed E-state index contributed by atoms with van der Waals surface area (Å²) < 4.78 is 13.7. The van der Waals surface area contributed by atoms with E-state index in [4.69, 9.17) is 14.5 Å². The van der Waals surface area contributed by atoms with Gasteiger partial charge in [-0.2, -0.15) is 0 Å². The first-order valence-corrected chi connectivity index (χ1v) is 12.5. The summed E-state index contributed by atoms with van der Waals surface area (Å²) in [5.41, 5.74) is 3.49. The molecule has 1 N–H and O–H groups in total. The molecule has 0 aliphatic rings. The molecule has 0 spiro atoms. The van der Waals surface area contributed by atoms with Gasteiger partial charge in [0.25, 0.3) is 5.91 Å². The van der Waals surface area contributed by atoms with Crippen molar-refractivity contribution >= 4 is 16.9 Å². The summed E-state index contributed by atoms with van der Waals surface area (Å²) in [5, 5.41) is 2.93. The van der Waals surface area contributed by atoms with Crippen molar-refractivity contribution in [2.45, 2.75) is 45.6 Å². The molecule has 6 heteroatoms. The zero-order valence-corrected chi connectivity index (χ0v) is 21.4. The van der Waals surface area contributed by atoms with Crippen LogP contribution in [0.1, 0.15) is 38.6 Å². The van der Waals surface area contributed by atoms with Crippen LogP contribution in [-0.4, -0.2) is 35.2 Å². The molecule has 0 radical (unpaired) electrons. The third-order valence-corrected chi connectivity index (χ3v) is 6.03. The zero-order chi connectivity index (χ0) is 25.4. The van der Waals surface area contributed by atoms with Gasteiger partial charge in [-0.15, -0.1) is 0 Å². The van der Waals surface area contributed by atoms with Gasteiger partial charge in [0.1, 0.15) is 17.3 Å². The monoisotopic (exact) mass is 485 g/mol. The molecule has 0 saturated heterocycles. The number of carbonyl (C=O) groups excluding carboxylic acids is 1. The van der Waals surface area contributed by atoms with E-state index in [-0.39, 0.29) is 17.9 Å². The van der Waals surface area contributed by atoms with Crippen LogP contribution in [0.15, 0.2) is 78.9 Å². The number of hydrogen-bond donors (Lipinski definition) is 1. The average molecular weight is 486 g/mol. The first-order chi connectivity index (χ1) is 17.4. The fourth-order valence-electron chi connectivity index (χ4n) is 4.06. The van der Waals surface area contributed by atoms with E-state index in [0.29, 0.717) is 25.3 Å². The third-order valence-electron chi connectivity index (χ3n) is 6.03. The van der Waals surface area contributed by atoms with E-state index < -0.39 is 0 Å². The number of fused-ring (bicyclic) bond motifs is 1. The van der Waals surface area contributed by atoms with Crippen molar-refractivity contribution < 1.29 is 14.3 Å². The molecule has 4 aromatic rings. The molecule has 1 heterocycles. The minimum Gasteiger partial charge on any atom is -0.494 e. The second-order valence-electron chi connectivity index (χ2n) is 9.85. The second kappa shape index (κ2) is 11.8. The number of carbonyl (C=O) groups is 1. The van der Waals surface area contributed by atoms with Crippen molar-refractivity contribution in [1.29, 1.82) is 0 Å². The predicted molar refractivity (Wildman–Crippen MR) is 144 cm³/mol. The number of nitrogens with one attached hydrogen (secondary N) is 1. The van der Waals surface area contributed by atoms with Crippen LogP contribution in [0.25, 0.3) is 11.0 Å². The summed E-state index contributed by atoms with van der Waals surface area (Å²) in [7, 11) is 0. The maximum absolute atomic E-state index is 12.2.